The van der Waals surface area contributed by atoms with Crippen LogP contribution in [-0.4, -0.2) is 17.2 Å². The Hall–Kier alpha value is -3.18. The van der Waals surface area contributed by atoms with Crippen molar-refractivity contribution in [3.05, 3.63) is 77.9 Å². The molecule has 3 rings (SSSR count). The van der Waals surface area contributed by atoms with Crippen molar-refractivity contribution < 1.29 is 9.90 Å². The number of hydrogen-bond acceptors (Lipinski definition) is 4. The minimum atomic E-state index is -0.778. The van der Waals surface area contributed by atoms with Crippen LogP contribution in [0.3, 0.4) is 0 Å². The summed E-state index contributed by atoms with van der Waals surface area (Å²) in [6, 6.07) is 19.1. The van der Waals surface area contributed by atoms with Crippen LogP contribution in [0.1, 0.15) is 17.2 Å². The zero-order valence-corrected chi connectivity index (χ0v) is 12.9. The number of phenols is 1. The van der Waals surface area contributed by atoms with Crippen molar-refractivity contribution in [3.63, 3.8) is 0 Å². The number of nitrogens with zero attached hydrogens (tertiary/aromatic N) is 1. The van der Waals surface area contributed by atoms with Crippen molar-refractivity contribution >= 4 is 22.9 Å². The van der Waals surface area contributed by atoms with Gasteiger partial charge in [0, 0.05) is 10.9 Å². The van der Waals surface area contributed by atoms with E-state index in [1.54, 1.807) is 24.3 Å². The van der Waals surface area contributed by atoms with E-state index in [2.05, 4.69) is 10.5 Å². The average Bonchev–Trinajstić information content (AvgIpc) is 2.64. The number of amides is 1. The highest BCUT2D eigenvalue weighted by atomic mass is 16.3. The summed E-state index contributed by atoms with van der Waals surface area (Å²) < 4.78 is 0. The molecule has 4 N–H and O–H groups in total. The Bertz CT molecular complexity index is 892. The first kappa shape index (κ1) is 15.7. The fourth-order valence-electron chi connectivity index (χ4n) is 2.47. The summed E-state index contributed by atoms with van der Waals surface area (Å²) in [6.07, 6.45) is 1.54. The van der Waals surface area contributed by atoms with Gasteiger partial charge in [-0.25, -0.2) is 5.43 Å². The van der Waals surface area contributed by atoms with E-state index in [1.165, 1.54) is 6.21 Å². The smallest absolute Gasteiger partial charge is 0.261 e. The Kier molecular flexibility index (Phi) is 4.54. The first-order valence-electron chi connectivity index (χ1n) is 7.51. The van der Waals surface area contributed by atoms with E-state index in [9.17, 15) is 9.90 Å². The summed E-state index contributed by atoms with van der Waals surface area (Å²) in [5.41, 5.74) is 9.87. The van der Waals surface area contributed by atoms with Gasteiger partial charge < -0.3 is 10.8 Å². The topological polar surface area (TPSA) is 87.7 Å². The maximum atomic E-state index is 12.1. The maximum absolute atomic E-state index is 12.1. The van der Waals surface area contributed by atoms with E-state index < -0.39 is 6.04 Å². The fraction of sp³-hybridized carbons (Fsp3) is 0.0526. The number of rotatable bonds is 4. The van der Waals surface area contributed by atoms with E-state index >= 15 is 0 Å². The van der Waals surface area contributed by atoms with Gasteiger partial charge in [-0.15, -0.1) is 0 Å². The lowest BCUT2D eigenvalue weighted by atomic mass is 10.0. The lowest BCUT2D eigenvalue weighted by Gasteiger charge is -2.09. The summed E-state index contributed by atoms with van der Waals surface area (Å²) >= 11 is 0. The van der Waals surface area contributed by atoms with Gasteiger partial charge in [0.1, 0.15) is 11.8 Å². The van der Waals surface area contributed by atoms with Crippen molar-refractivity contribution in [1.29, 1.82) is 0 Å². The molecule has 1 atom stereocenters. The first-order valence-corrected chi connectivity index (χ1v) is 7.51. The van der Waals surface area contributed by atoms with E-state index in [1.807, 2.05) is 42.5 Å². The minimum Gasteiger partial charge on any atom is -0.507 e. The third kappa shape index (κ3) is 3.26. The first-order chi connectivity index (χ1) is 11.7. The summed E-state index contributed by atoms with van der Waals surface area (Å²) in [6.45, 7) is 0. The Morgan fingerprint density at radius 3 is 2.42 bits per heavy atom. The molecule has 0 radical (unpaired) electrons. The molecule has 0 unspecified atom stereocenters. The van der Waals surface area contributed by atoms with Crippen LogP contribution in [0.5, 0.6) is 5.75 Å². The van der Waals surface area contributed by atoms with E-state index in [4.69, 9.17) is 5.73 Å². The second-order valence-electron chi connectivity index (χ2n) is 5.34. The van der Waals surface area contributed by atoms with Crippen LogP contribution in [0.25, 0.3) is 10.8 Å². The summed E-state index contributed by atoms with van der Waals surface area (Å²) in [5, 5.41) is 15.4. The molecule has 1 amide bonds. The highest BCUT2D eigenvalue weighted by molar-refractivity contribution is 6.02. The van der Waals surface area contributed by atoms with Crippen molar-refractivity contribution in [2.75, 3.05) is 0 Å². The number of hydrazone groups is 1. The van der Waals surface area contributed by atoms with Gasteiger partial charge in [0.05, 0.1) is 6.21 Å². The number of fused-ring (bicyclic) bond motifs is 1. The lowest BCUT2D eigenvalue weighted by molar-refractivity contribution is -0.122. The Morgan fingerprint density at radius 2 is 1.67 bits per heavy atom. The van der Waals surface area contributed by atoms with Crippen LogP contribution in [-0.2, 0) is 4.79 Å². The lowest BCUT2D eigenvalue weighted by Crippen LogP contribution is -2.31. The zero-order valence-electron chi connectivity index (χ0n) is 12.9. The number of carbonyl (C=O) groups excluding carboxylic acids is 1. The number of phenolic OH excluding ortho intramolecular Hbond substituents is 1. The van der Waals surface area contributed by atoms with Crippen LogP contribution < -0.4 is 11.2 Å². The highest BCUT2D eigenvalue weighted by Crippen LogP contribution is 2.26. The third-order valence-corrected chi connectivity index (χ3v) is 3.75. The van der Waals surface area contributed by atoms with Crippen molar-refractivity contribution in [3.8, 4) is 5.75 Å². The molecule has 0 spiro atoms. The Morgan fingerprint density at radius 1 is 1.00 bits per heavy atom. The van der Waals surface area contributed by atoms with Gasteiger partial charge in [-0.3, -0.25) is 4.79 Å². The Labute approximate surface area is 139 Å². The normalized spacial score (nSPS) is 12.4. The van der Waals surface area contributed by atoms with Crippen LogP contribution in [0.2, 0.25) is 0 Å². The van der Waals surface area contributed by atoms with E-state index in [-0.39, 0.29) is 11.7 Å². The molecule has 120 valence electrons. The van der Waals surface area contributed by atoms with Gasteiger partial charge in [0.2, 0.25) is 0 Å². The SMILES string of the molecule is N[C@@H](C(=O)N/N=C/c1ccc(O)c2ccccc12)c1ccccc1. The molecule has 24 heavy (non-hydrogen) atoms. The van der Waals surface area contributed by atoms with Gasteiger partial charge in [-0.05, 0) is 23.1 Å². The summed E-state index contributed by atoms with van der Waals surface area (Å²) in [4.78, 5) is 12.1. The van der Waals surface area contributed by atoms with Gasteiger partial charge in [-0.1, -0.05) is 54.6 Å². The quantitative estimate of drug-likeness (QED) is 0.510. The standard InChI is InChI=1S/C19H17N3O2/c20-18(13-6-2-1-3-7-13)19(24)22-21-12-14-10-11-17(23)16-9-5-4-8-15(14)16/h1-12,18,23H,20H2,(H,22,24)/b21-12+/t18-/m1/s1. The fourth-order valence-corrected chi connectivity index (χ4v) is 2.47. The second-order valence-corrected chi connectivity index (χ2v) is 5.34. The predicted octanol–water partition coefficient (Wildman–Crippen LogP) is 2.70. The van der Waals surface area contributed by atoms with Gasteiger partial charge >= 0.3 is 0 Å². The molecule has 0 aromatic heterocycles. The molecule has 0 aliphatic heterocycles. The molecule has 0 aliphatic rings. The molecular weight excluding hydrogens is 302 g/mol. The van der Waals surface area contributed by atoms with Gasteiger partial charge in [-0.2, -0.15) is 5.10 Å². The number of carbonyl (C=O) groups is 1. The van der Waals surface area contributed by atoms with E-state index in [0.29, 0.717) is 0 Å². The van der Waals surface area contributed by atoms with Gasteiger partial charge in [0.15, 0.2) is 0 Å². The molecule has 0 saturated carbocycles. The highest BCUT2D eigenvalue weighted by Gasteiger charge is 2.14. The summed E-state index contributed by atoms with van der Waals surface area (Å²) in [5.74, 6) is -0.182. The molecule has 0 bridgehead atoms. The molecule has 0 fully saturated rings. The van der Waals surface area contributed by atoms with Crippen molar-refractivity contribution in [2.24, 2.45) is 10.8 Å². The largest absolute Gasteiger partial charge is 0.507 e. The van der Waals surface area contributed by atoms with Crippen molar-refractivity contribution in [2.45, 2.75) is 6.04 Å². The molecule has 0 aliphatic carbocycles. The number of benzene rings is 3. The van der Waals surface area contributed by atoms with Gasteiger partial charge in [0.25, 0.3) is 5.91 Å². The molecular formula is C19H17N3O2. The van der Waals surface area contributed by atoms with Crippen LogP contribution in [0, 0.1) is 0 Å². The summed E-state index contributed by atoms with van der Waals surface area (Å²) in [7, 11) is 0. The zero-order chi connectivity index (χ0) is 16.9. The molecule has 0 heterocycles. The monoisotopic (exact) mass is 319 g/mol. The Balaban J connectivity index is 1.75. The molecule has 5 heteroatoms. The minimum absolute atomic E-state index is 0.206. The third-order valence-electron chi connectivity index (χ3n) is 3.75. The molecule has 3 aromatic carbocycles. The number of aromatic hydroxyl groups is 1. The second kappa shape index (κ2) is 6.93. The molecule has 3 aromatic rings. The molecule has 5 nitrogen and oxygen atoms in total. The van der Waals surface area contributed by atoms with Crippen molar-refractivity contribution in [1.82, 2.24) is 5.43 Å². The van der Waals surface area contributed by atoms with Crippen LogP contribution >= 0.6 is 0 Å². The van der Waals surface area contributed by atoms with Crippen LogP contribution in [0.15, 0.2) is 71.8 Å². The number of nitrogens with one attached hydrogen (secondary N) is 1. The number of nitrogens with two attached hydrogens (primary N) is 1. The maximum Gasteiger partial charge on any atom is 0.261 e. The van der Waals surface area contributed by atoms with E-state index in [0.717, 1.165) is 21.9 Å². The predicted molar refractivity (Wildman–Crippen MR) is 94.7 cm³/mol. The number of hydrogen-bond donors (Lipinski definition) is 3. The molecule has 0 saturated heterocycles. The van der Waals surface area contributed by atoms with Crippen LogP contribution in [0.4, 0.5) is 0 Å². The average molecular weight is 319 g/mol.